The normalized spacial score (nSPS) is 33.5. The first-order valence-electron chi connectivity index (χ1n) is 8.20. The van der Waals surface area contributed by atoms with Gasteiger partial charge in [0, 0.05) is 38.8 Å². The maximum atomic E-state index is 5.63. The third-order valence-corrected chi connectivity index (χ3v) is 4.91. The quantitative estimate of drug-likeness (QED) is 0.725. The number of nitrogens with zero attached hydrogens (tertiary/aromatic N) is 2. The average molecular weight is 267 g/mol. The standard InChI is InChI=1S/C15H29N3O/c1-2-8-18(7-1)14-5-9-17(13-14)10-6-16-12-15-4-3-11-19-15/h14-16H,1-13H2. The van der Waals surface area contributed by atoms with Crippen LogP contribution in [0.1, 0.15) is 32.1 Å². The Hall–Kier alpha value is -0.160. The van der Waals surface area contributed by atoms with Crippen molar-refractivity contribution in [3.8, 4) is 0 Å². The Morgan fingerprint density at radius 1 is 1.05 bits per heavy atom. The Kier molecular flexibility index (Phi) is 5.10. The first kappa shape index (κ1) is 13.8. The Labute approximate surface area is 117 Å². The summed E-state index contributed by atoms with van der Waals surface area (Å²) in [6.45, 7) is 9.61. The molecular formula is C15H29N3O. The largest absolute Gasteiger partial charge is 0.377 e. The minimum Gasteiger partial charge on any atom is -0.377 e. The maximum absolute atomic E-state index is 5.63. The number of hydrogen-bond donors (Lipinski definition) is 1. The Bertz CT molecular complexity index is 262. The van der Waals surface area contributed by atoms with Crippen LogP contribution in [0.3, 0.4) is 0 Å². The highest BCUT2D eigenvalue weighted by Crippen LogP contribution is 2.19. The van der Waals surface area contributed by atoms with Gasteiger partial charge in [-0.1, -0.05) is 0 Å². The van der Waals surface area contributed by atoms with Gasteiger partial charge in [-0.25, -0.2) is 0 Å². The first-order valence-corrected chi connectivity index (χ1v) is 8.20. The van der Waals surface area contributed by atoms with Gasteiger partial charge in [-0.05, 0) is 51.7 Å². The minimum absolute atomic E-state index is 0.482. The summed E-state index contributed by atoms with van der Waals surface area (Å²) in [7, 11) is 0. The molecule has 0 saturated carbocycles. The fourth-order valence-corrected chi connectivity index (χ4v) is 3.73. The lowest BCUT2D eigenvalue weighted by atomic mass is 10.2. The molecule has 4 heteroatoms. The highest BCUT2D eigenvalue weighted by molar-refractivity contribution is 4.85. The number of hydrogen-bond acceptors (Lipinski definition) is 4. The third-order valence-electron chi connectivity index (χ3n) is 4.91. The zero-order chi connectivity index (χ0) is 12.9. The van der Waals surface area contributed by atoms with Crippen molar-refractivity contribution in [3.63, 3.8) is 0 Å². The molecule has 3 aliphatic rings. The fourth-order valence-electron chi connectivity index (χ4n) is 3.73. The van der Waals surface area contributed by atoms with Crippen molar-refractivity contribution < 1.29 is 4.74 Å². The van der Waals surface area contributed by atoms with Crippen molar-refractivity contribution in [3.05, 3.63) is 0 Å². The summed E-state index contributed by atoms with van der Waals surface area (Å²) in [5.41, 5.74) is 0. The maximum Gasteiger partial charge on any atom is 0.0700 e. The molecule has 0 radical (unpaired) electrons. The Morgan fingerprint density at radius 3 is 2.74 bits per heavy atom. The summed E-state index contributed by atoms with van der Waals surface area (Å²) in [5.74, 6) is 0. The van der Waals surface area contributed by atoms with Crippen molar-refractivity contribution in [1.82, 2.24) is 15.1 Å². The van der Waals surface area contributed by atoms with Crippen molar-refractivity contribution in [2.24, 2.45) is 0 Å². The first-order chi connectivity index (χ1) is 9.42. The molecule has 0 bridgehead atoms. The van der Waals surface area contributed by atoms with E-state index in [1.54, 1.807) is 0 Å². The predicted octanol–water partition coefficient (Wildman–Crippen LogP) is 0.925. The van der Waals surface area contributed by atoms with E-state index >= 15 is 0 Å². The molecule has 19 heavy (non-hydrogen) atoms. The van der Waals surface area contributed by atoms with Gasteiger partial charge in [-0.2, -0.15) is 0 Å². The van der Waals surface area contributed by atoms with Crippen LogP contribution in [0.4, 0.5) is 0 Å². The van der Waals surface area contributed by atoms with Gasteiger partial charge >= 0.3 is 0 Å². The summed E-state index contributed by atoms with van der Waals surface area (Å²) in [6.07, 6.45) is 7.19. The van der Waals surface area contributed by atoms with Crippen LogP contribution in [0.15, 0.2) is 0 Å². The van der Waals surface area contributed by atoms with E-state index in [0.29, 0.717) is 6.10 Å². The molecule has 1 N–H and O–H groups in total. The van der Waals surface area contributed by atoms with Gasteiger partial charge < -0.3 is 15.0 Å². The predicted molar refractivity (Wildman–Crippen MR) is 77.5 cm³/mol. The molecule has 0 aliphatic carbocycles. The number of ether oxygens (including phenoxy) is 1. The summed E-state index contributed by atoms with van der Waals surface area (Å²) >= 11 is 0. The second-order valence-corrected chi connectivity index (χ2v) is 6.33. The van der Waals surface area contributed by atoms with E-state index < -0.39 is 0 Å². The van der Waals surface area contributed by atoms with Crippen molar-refractivity contribution >= 4 is 0 Å². The van der Waals surface area contributed by atoms with E-state index in [1.807, 2.05) is 0 Å². The van der Waals surface area contributed by atoms with Gasteiger partial charge in [0.15, 0.2) is 0 Å². The Morgan fingerprint density at radius 2 is 1.95 bits per heavy atom. The van der Waals surface area contributed by atoms with E-state index in [-0.39, 0.29) is 0 Å². The van der Waals surface area contributed by atoms with E-state index in [9.17, 15) is 0 Å². The molecule has 0 aromatic carbocycles. The van der Waals surface area contributed by atoms with Crippen LogP contribution in [-0.4, -0.2) is 74.4 Å². The molecule has 0 aromatic heterocycles. The van der Waals surface area contributed by atoms with Gasteiger partial charge in [0.25, 0.3) is 0 Å². The summed E-state index contributed by atoms with van der Waals surface area (Å²) in [5, 5.41) is 3.56. The molecule has 3 aliphatic heterocycles. The summed E-state index contributed by atoms with van der Waals surface area (Å²) in [6, 6.07) is 0.848. The van der Waals surface area contributed by atoms with Crippen LogP contribution < -0.4 is 5.32 Å². The van der Waals surface area contributed by atoms with Crippen LogP contribution in [0.2, 0.25) is 0 Å². The molecule has 3 fully saturated rings. The molecular weight excluding hydrogens is 238 g/mol. The van der Waals surface area contributed by atoms with Crippen LogP contribution in [0.5, 0.6) is 0 Å². The van der Waals surface area contributed by atoms with Crippen molar-refractivity contribution in [1.29, 1.82) is 0 Å². The molecule has 3 heterocycles. The average Bonchev–Trinajstić information content (AvgIpc) is 3.15. The molecule has 2 atom stereocenters. The Balaban J connectivity index is 1.26. The lowest BCUT2D eigenvalue weighted by Gasteiger charge is -2.23. The second-order valence-electron chi connectivity index (χ2n) is 6.33. The number of likely N-dealkylation sites (tertiary alicyclic amines) is 2. The van der Waals surface area contributed by atoms with Gasteiger partial charge in [0.2, 0.25) is 0 Å². The lowest BCUT2D eigenvalue weighted by Crippen LogP contribution is -2.38. The monoisotopic (exact) mass is 267 g/mol. The van der Waals surface area contributed by atoms with E-state index in [4.69, 9.17) is 4.74 Å². The topological polar surface area (TPSA) is 27.7 Å². The summed E-state index contributed by atoms with van der Waals surface area (Å²) in [4.78, 5) is 5.34. The zero-order valence-electron chi connectivity index (χ0n) is 12.1. The second kappa shape index (κ2) is 7.02. The lowest BCUT2D eigenvalue weighted by molar-refractivity contribution is 0.109. The highest BCUT2D eigenvalue weighted by Gasteiger charge is 2.28. The van der Waals surface area contributed by atoms with Crippen LogP contribution in [0, 0.1) is 0 Å². The smallest absolute Gasteiger partial charge is 0.0700 e. The van der Waals surface area contributed by atoms with E-state index in [2.05, 4.69) is 15.1 Å². The van der Waals surface area contributed by atoms with Crippen LogP contribution >= 0.6 is 0 Å². The molecule has 0 amide bonds. The zero-order valence-corrected chi connectivity index (χ0v) is 12.1. The van der Waals surface area contributed by atoms with Crippen molar-refractivity contribution in [2.45, 2.75) is 44.2 Å². The molecule has 3 rings (SSSR count). The van der Waals surface area contributed by atoms with Crippen LogP contribution in [-0.2, 0) is 4.74 Å². The number of rotatable bonds is 6. The van der Waals surface area contributed by atoms with Crippen LogP contribution in [0.25, 0.3) is 0 Å². The van der Waals surface area contributed by atoms with Gasteiger partial charge in [-0.3, -0.25) is 4.90 Å². The molecule has 0 aromatic rings. The van der Waals surface area contributed by atoms with Gasteiger partial charge in [0.1, 0.15) is 0 Å². The SMILES string of the molecule is C1COC(CNCCN2CCC(N3CCCC3)C2)C1. The molecule has 2 unspecified atom stereocenters. The van der Waals surface area contributed by atoms with Crippen molar-refractivity contribution in [2.75, 3.05) is 52.4 Å². The third kappa shape index (κ3) is 3.91. The van der Waals surface area contributed by atoms with Gasteiger partial charge in [0.05, 0.1) is 6.10 Å². The molecule has 3 saturated heterocycles. The summed E-state index contributed by atoms with van der Waals surface area (Å²) < 4.78 is 5.63. The molecule has 4 nitrogen and oxygen atoms in total. The number of nitrogens with one attached hydrogen (secondary N) is 1. The fraction of sp³-hybridized carbons (Fsp3) is 1.00. The molecule has 0 spiro atoms. The van der Waals surface area contributed by atoms with Gasteiger partial charge in [-0.15, -0.1) is 0 Å². The minimum atomic E-state index is 0.482. The van der Waals surface area contributed by atoms with E-state index in [0.717, 1.165) is 25.7 Å². The molecule has 110 valence electrons. The van der Waals surface area contributed by atoms with E-state index in [1.165, 1.54) is 64.8 Å². The highest BCUT2D eigenvalue weighted by atomic mass is 16.5.